The molecule has 5 saturated carbocycles. The van der Waals surface area contributed by atoms with Crippen LogP contribution in [-0.4, -0.2) is 33.0 Å². The lowest BCUT2D eigenvalue weighted by molar-refractivity contribution is 0.206. The van der Waals surface area contributed by atoms with E-state index in [2.05, 4.69) is 224 Å². The quantitative estimate of drug-likeness (QED) is 0.0761. The summed E-state index contributed by atoms with van der Waals surface area (Å²) in [5, 5.41) is 0. The van der Waals surface area contributed by atoms with E-state index in [1.165, 1.54) is 261 Å². The van der Waals surface area contributed by atoms with Crippen molar-refractivity contribution in [2.24, 2.45) is 29.6 Å². The molecule has 5 heteroatoms. The molecule has 0 heterocycles. The second kappa shape index (κ2) is 34.6. The van der Waals surface area contributed by atoms with Gasteiger partial charge in [-0.1, -0.05) is 272 Å². The van der Waals surface area contributed by atoms with Crippen molar-refractivity contribution in [3.8, 4) is 62.1 Å². The van der Waals surface area contributed by atoms with E-state index >= 15 is 0 Å². The second-order valence-corrected chi connectivity index (χ2v) is 32.3. The fraction of sp³-hybridized carbons (Fsp3) is 0.400. The van der Waals surface area contributed by atoms with Gasteiger partial charge in [0.05, 0.1) is 33.0 Å². The van der Waals surface area contributed by atoms with Crippen LogP contribution in [0, 0.1) is 29.6 Å². The number of hydrogen-bond donors (Lipinski definition) is 0. The van der Waals surface area contributed by atoms with Crippen LogP contribution < -0.4 is 23.7 Å². The number of hydrogen-bond acceptors (Lipinski definition) is 5. The maximum atomic E-state index is 7.65. The molecule has 2 atom stereocenters. The normalized spacial score (nSPS) is 18.7. The molecule has 24 rings (SSSR count). The van der Waals surface area contributed by atoms with Crippen molar-refractivity contribution in [3.05, 3.63) is 291 Å². The smallest absolute Gasteiger partial charge is 0.123 e. The van der Waals surface area contributed by atoms with E-state index in [0.717, 1.165) is 28.7 Å². The molecule has 0 saturated heterocycles. The minimum Gasteiger partial charge on any atom is -0.493 e. The average molecular weight is 1390 g/mol. The first-order chi connectivity index (χ1) is 52.0. The highest BCUT2D eigenvalue weighted by molar-refractivity contribution is 5.76. The molecule has 5 nitrogen and oxygen atoms in total. The Morgan fingerprint density at radius 1 is 0.210 bits per heavy atom. The first-order valence-corrected chi connectivity index (χ1v) is 41.2. The number of rotatable bonds is 20. The van der Waals surface area contributed by atoms with Crippen molar-refractivity contribution in [2.45, 2.75) is 192 Å². The molecule has 5 fully saturated rings. The maximum absolute atomic E-state index is 7.65. The minimum absolute atomic E-state index is 0.167. The van der Waals surface area contributed by atoms with Gasteiger partial charge in [-0.3, -0.25) is 0 Å². The van der Waals surface area contributed by atoms with Gasteiger partial charge in [0.25, 0.3) is 0 Å². The highest BCUT2D eigenvalue weighted by Crippen LogP contribution is 2.49. The Kier molecular flexibility index (Phi) is 23.3. The summed E-state index contributed by atoms with van der Waals surface area (Å²) in [6.07, 6.45) is 33.1. The van der Waals surface area contributed by atoms with Crippen molar-refractivity contribution in [2.75, 3.05) is 33.0 Å². The number of ether oxygens (including phenoxy) is 5. The zero-order valence-electron chi connectivity index (χ0n) is 62.3. The average Bonchev–Trinajstić information content (AvgIpc) is 1.04. The monoisotopic (exact) mass is 1390 g/mol. The van der Waals surface area contributed by atoms with E-state index in [1.807, 2.05) is 0 Å². The molecule has 10 aromatic rings. The van der Waals surface area contributed by atoms with Gasteiger partial charge in [0.2, 0.25) is 0 Å². The van der Waals surface area contributed by atoms with Gasteiger partial charge in [-0.15, -0.1) is 0 Å². The van der Waals surface area contributed by atoms with Crippen molar-refractivity contribution in [3.63, 3.8) is 0 Å². The van der Waals surface area contributed by atoms with Gasteiger partial charge < -0.3 is 23.7 Å². The maximum Gasteiger partial charge on any atom is 0.123 e. The zero-order valence-corrected chi connectivity index (χ0v) is 62.3. The van der Waals surface area contributed by atoms with E-state index in [0.29, 0.717) is 81.9 Å². The van der Waals surface area contributed by atoms with Crippen LogP contribution >= 0.6 is 0 Å². The van der Waals surface area contributed by atoms with Crippen LogP contribution in [0.1, 0.15) is 239 Å². The molecule has 540 valence electrons. The standard InChI is InChI=1S/C100H110O5/c1-11-31-71(32-12-1)66-101-94-60-82-52-51-81(94)55-84-62-95(102-67-72-33-13-2-14-34-72)87(58-90(84)76-41-21-6-22-42-76)56-85-63-96(103-68-73-35-15-3-16-36-73)88(59-91(85)77-43-23-7-24-44-77)57-86-64-98(105-70-75-39-19-5-20-40-75)93(65-92(86)78-45-25-8-26-46-78)100(80-49-29-10-30-50-80)83-53-54-89(99(82)79-47-27-9-28-48-79)97(61-83)104-69-74-37-17-4-18-38-74/h6-10,21-30,41-54,58-65,71-75,99-100H,1-5,11-20,31-40,55-57,66-70H2. The molecule has 0 N–H and O–H groups in total. The summed E-state index contributed by atoms with van der Waals surface area (Å²) in [5.74, 6) is 6.96. The van der Waals surface area contributed by atoms with E-state index in [4.69, 9.17) is 23.7 Å². The summed E-state index contributed by atoms with van der Waals surface area (Å²) < 4.78 is 37.8. The lowest BCUT2D eigenvalue weighted by Crippen LogP contribution is -2.18. The minimum atomic E-state index is -0.206. The van der Waals surface area contributed by atoms with Crippen molar-refractivity contribution in [1.82, 2.24) is 0 Å². The third kappa shape index (κ3) is 17.4. The fourth-order valence-corrected chi connectivity index (χ4v) is 18.9. The van der Waals surface area contributed by atoms with Gasteiger partial charge in [-0.2, -0.15) is 0 Å². The molecule has 0 aliphatic heterocycles. The third-order valence-electron chi connectivity index (χ3n) is 24.9. The van der Waals surface area contributed by atoms with Gasteiger partial charge in [0.1, 0.15) is 28.7 Å². The Morgan fingerprint density at radius 3 is 0.876 bits per heavy atom. The molecule has 0 spiro atoms. The molecule has 10 bridgehead atoms. The summed E-state index contributed by atoms with van der Waals surface area (Å²) in [6, 6.07) is 85.7. The summed E-state index contributed by atoms with van der Waals surface area (Å²) >= 11 is 0. The van der Waals surface area contributed by atoms with E-state index in [9.17, 15) is 0 Å². The first kappa shape index (κ1) is 70.5. The Hall–Kier alpha value is -8.80. The van der Waals surface area contributed by atoms with E-state index < -0.39 is 0 Å². The summed E-state index contributed by atoms with van der Waals surface area (Å²) in [6.45, 7) is 3.46. The van der Waals surface area contributed by atoms with Crippen LogP contribution in [0.2, 0.25) is 0 Å². The van der Waals surface area contributed by atoms with Crippen LogP contribution in [0.3, 0.4) is 0 Å². The molecule has 105 heavy (non-hydrogen) atoms. The van der Waals surface area contributed by atoms with Crippen molar-refractivity contribution >= 4 is 0 Å². The molecule has 14 aliphatic rings. The van der Waals surface area contributed by atoms with Crippen LogP contribution in [0.4, 0.5) is 0 Å². The summed E-state index contributed by atoms with van der Waals surface area (Å²) in [4.78, 5) is 0. The van der Waals surface area contributed by atoms with Crippen LogP contribution in [0.5, 0.6) is 28.7 Å². The topological polar surface area (TPSA) is 46.2 Å². The predicted octanol–water partition coefficient (Wildman–Crippen LogP) is 25.9. The highest BCUT2D eigenvalue weighted by Gasteiger charge is 2.32. The number of benzene rings is 10. The predicted molar refractivity (Wildman–Crippen MR) is 432 cm³/mol. The van der Waals surface area contributed by atoms with Crippen LogP contribution in [0.25, 0.3) is 33.4 Å². The molecule has 0 aromatic heterocycles. The zero-order chi connectivity index (χ0) is 70.4. The molecule has 14 aliphatic carbocycles. The third-order valence-corrected chi connectivity index (χ3v) is 24.9. The Bertz CT molecular complexity index is 4420. The fourth-order valence-electron chi connectivity index (χ4n) is 18.9. The summed E-state index contributed by atoms with van der Waals surface area (Å²) in [5.41, 5.74) is 21.7. The molecule has 0 radical (unpaired) electrons. The van der Waals surface area contributed by atoms with Gasteiger partial charge >= 0.3 is 0 Å². The first-order valence-electron chi connectivity index (χ1n) is 41.2. The molecule has 2 unspecified atom stereocenters. The van der Waals surface area contributed by atoms with Crippen molar-refractivity contribution in [1.29, 1.82) is 0 Å². The van der Waals surface area contributed by atoms with Gasteiger partial charge in [0.15, 0.2) is 0 Å². The van der Waals surface area contributed by atoms with Gasteiger partial charge in [-0.05, 0) is 231 Å². The molecular weight excluding hydrogens is 1280 g/mol. The summed E-state index contributed by atoms with van der Waals surface area (Å²) in [7, 11) is 0. The van der Waals surface area contributed by atoms with E-state index in [1.54, 1.807) is 0 Å². The Balaban J connectivity index is 0.965. The Morgan fingerprint density at radius 2 is 0.495 bits per heavy atom. The van der Waals surface area contributed by atoms with E-state index in [-0.39, 0.29) is 11.8 Å². The van der Waals surface area contributed by atoms with Crippen LogP contribution in [0.15, 0.2) is 224 Å². The van der Waals surface area contributed by atoms with Gasteiger partial charge in [0, 0.05) is 42.2 Å². The van der Waals surface area contributed by atoms with Crippen molar-refractivity contribution < 1.29 is 23.7 Å². The Labute approximate surface area is 627 Å². The van der Waals surface area contributed by atoms with Gasteiger partial charge in [-0.25, -0.2) is 0 Å². The SMILES string of the molecule is c1ccc(-c2cc3c(OCC4CCCCC4)cc2Cc2ccc(cc2OCC2CCCCC2)C(c2ccccc2)c2ccc(cc2OCC2CCCCC2)C(c2ccccc2)c2cc(-c4ccccc4)c(cc2OCC2CCCCC2)Cc2cc(-c4ccccc4)c(cc2OCC2CCCCC2)C3)cc1. The largest absolute Gasteiger partial charge is 0.493 e. The molecule has 0 amide bonds. The molecule has 10 aromatic carbocycles. The van der Waals surface area contributed by atoms with Crippen LogP contribution in [-0.2, 0) is 19.3 Å². The lowest BCUT2D eigenvalue weighted by atomic mass is 9.79. The highest BCUT2D eigenvalue weighted by atomic mass is 16.5. The lowest BCUT2D eigenvalue weighted by Gasteiger charge is -2.29. The number of fused-ring (bicyclic) bond motifs is 1. The molecular formula is C100H110O5. The second-order valence-electron chi connectivity index (χ2n) is 32.3.